The highest BCUT2D eigenvalue weighted by molar-refractivity contribution is 5.75. The van der Waals surface area contributed by atoms with Crippen LogP contribution < -0.4 is 9.64 Å². The first-order valence-electron chi connectivity index (χ1n) is 12.7. The number of carbonyl (C=O) groups is 1. The molecule has 3 aromatic rings. The molecule has 1 aromatic heterocycles. The summed E-state index contributed by atoms with van der Waals surface area (Å²) in [5.41, 5.74) is 1.88. The summed E-state index contributed by atoms with van der Waals surface area (Å²) in [6.45, 7) is 10.3. The zero-order chi connectivity index (χ0) is 27.1. The number of nitrogens with zero attached hydrogens (tertiary/aromatic N) is 4. The minimum Gasteiger partial charge on any atom is -0.451 e. The van der Waals surface area contributed by atoms with Crippen LogP contribution in [0.3, 0.4) is 0 Å². The summed E-state index contributed by atoms with van der Waals surface area (Å²) >= 11 is 0. The topological polar surface area (TPSA) is 77.0 Å². The second-order valence-electron chi connectivity index (χ2n) is 11.1. The van der Waals surface area contributed by atoms with Gasteiger partial charge in [-0.1, -0.05) is 24.3 Å². The van der Waals surface area contributed by atoms with Crippen LogP contribution in [-0.4, -0.2) is 59.9 Å². The van der Waals surface area contributed by atoms with E-state index in [1.54, 1.807) is 24.3 Å². The Morgan fingerprint density at radius 3 is 2.50 bits per heavy atom. The monoisotopic (exact) mass is 520 g/mol. The van der Waals surface area contributed by atoms with E-state index in [0.717, 1.165) is 24.2 Å². The lowest BCUT2D eigenvalue weighted by molar-refractivity contribution is -0.0455. The lowest BCUT2D eigenvalue weighted by atomic mass is 9.73. The minimum atomic E-state index is -0.514. The number of benzene rings is 2. The molecule has 38 heavy (non-hydrogen) atoms. The minimum absolute atomic E-state index is 0.0232. The van der Waals surface area contributed by atoms with E-state index in [1.165, 1.54) is 18.5 Å². The molecule has 0 bridgehead atoms. The standard InChI is InChI=1S/C29H33FN4O4/c1-19(36-5)21-8-6-7-9-22(21)23-12-20(30)10-11-24(23)37-25-13-31-18-32-26(25)33-14-29(15-33)16-34(17-29)27(35)38-28(2,3)4/h6-13,18-19H,14-17H2,1-5H3. The number of hydrogen-bond donors (Lipinski definition) is 0. The molecule has 3 heterocycles. The Hall–Kier alpha value is -3.72. The van der Waals surface area contributed by atoms with Gasteiger partial charge in [0.15, 0.2) is 11.6 Å². The highest BCUT2D eigenvalue weighted by Crippen LogP contribution is 2.45. The molecule has 9 heteroatoms. The summed E-state index contributed by atoms with van der Waals surface area (Å²) in [5, 5.41) is 0. The Kier molecular flexibility index (Phi) is 6.73. The van der Waals surface area contributed by atoms with Gasteiger partial charge < -0.3 is 24.0 Å². The van der Waals surface area contributed by atoms with Crippen LogP contribution in [0.1, 0.15) is 39.4 Å². The first-order chi connectivity index (χ1) is 18.1. The van der Waals surface area contributed by atoms with Crippen molar-refractivity contribution in [2.75, 3.05) is 38.2 Å². The van der Waals surface area contributed by atoms with Gasteiger partial charge in [-0.05, 0) is 57.0 Å². The number of anilines is 1. The Bertz CT molecular complexity index is 1330. The van der Waals surface area contributed by atoms with E-state index in [2.05, 4.69) is 14.9 Å². The molecule has 200 valence electrons. The van der Waals surface area contributed by atoms with Crippen molar-refractivity contribution in [2.24, 2.45) is 5.41 Å². The molecule has 1 atom stereocenters. The molecule has 1 amide bonds. The average Bonchev–Trinajstić information content (AvgIpc) is 2.82. The predicted molar refractivity (Wildman–Crippen MR) is 142 cm³/mol. The molecule has 5 rings (SSSR count). The fourth-order valence-electron chi connectivity index (χ4n) is 5.10. The van der Waals surface area contributed by atoms with Crippen LogP contribution in [0.5, 0.6) is 11.5 Å². The van der Waals surface area contributed by atoms with Crippen LogP contribution in [0, 0.1) is 11.2 Å². The van der Waals surface area contributed by atoms with Gasteiger partial charge in [0.2, 0.25) is 0 Å². The maximum Gasteiger partial charge on any atom is 0.410 e. The summed E-state index contributed by atoms with van der Waals surface area (Å²) in [7, 11) is 1.65. The van der Waals surface area contributed by atoms with Gasteiger partial charge in [0, 0.05) is 44.3 Å². The molecule has 2 fully saturated rings. The van der Waals surface area contributed by atoms with E-state index in [9.17, 15) is 9.18 Å². The summed E-state index contributed by atoms with van der Waals surface area (Å²) in [5.74, 6) is 1.28. The number of rotatable bonds is 6. The van der Waals surface area contributed by atoms with Crippen molar-refractivity contribution in [1.29, 1.82) is 0 Å². The van der Waals surface area contributed by atoms with E-state index in [1.807, 2.05) is 52.0 Å². The highest BCUT2D eigenvalue weighted by atomic mass is 19.1. The molecular formula is C29H33FN4O4. The molecule has 8 nitrogen and oxygen atoms in total. The van der Waals surface area contributed by atoms with E-state index >= 15 is 0 Å². The highest BCUT2D eigenvalue weighted by Gasteiger charge is 2.54. The van der Waals surface area contributed by atoms with E-state index in [-0.39, 0.29) is 23.4 Å². The van der Waals surface area contributed by atoms with Gasteiger partial charge in [-0.3, -0.25) is 0 Å². The molecule has 1 unspecified atom stereocenters. The number of methoxy groups -OCH3 is 1. The molecular weight excluding hydrogens is 487 g/mol. The third kappa shape index (κ3) is 5.15. The van der Waals surface area contributed by atoms with Gasteiger partial charge in [-0.2, -0.15) is 0 Å². The van der Waals surface area contributed by atoms with Crippen molar-refractivity contribution in [1.82, 2.24) is 14.9 Å². The molecule has 2 saturated heterocycles. The number of amides is 1. The first kappa shape index (κ1) is 25.9. The number of halogens is 1. The Morgan fingerprint density at radius 1 is 1.05 bits per heavy atom. The van der Waals surface area contributed by atoms with Gasteiger partial charge >= 0.3 is 6.09 Å². The van der Waals surface area contributed by atoms with Crippen LogP contribution in [0.2, 0.25) is 0 Å². The van der Waals surface area contributed by atoms with Crippen molar-refractivity contribution in [2.45, 2.75) is 39.4 Å². The number of aromatic nitrogens is 2. The van der Waals surface area contributed by atoms with Gasteiger partial charge in [0.25, 0.3) is 0 Å². The van der Waals surface area contributed by atoms with Crippen molar-refractivity contribution in [3.8, 4) is 22.6 Å². The quantitative estimate of drug-likeness (QED) is 0.404. The average molecular weight is 521 g/mol. The van der Waals surface area contributed by atoms with Crippen molar-refractivity contribution in [3.05, 3.63) is 66.4 Å². The summed E-state index contributed by atoms with van der Waals surface area (Å²) < 4.78 is 31.8. The Balaban J connectivity index is 1.34. The van der Waals surface area contributed by atoms with Crippen LogP contribution >= 0.6 is 0 Å². The Morgan fingerprint density at radius 2 is 1.79 bits per heavy atom. The summed E-state index contributed by atoms with van der Waals surface area (Å²) in [6, 6.07) is 12.2. The normalized spacial score (nSPS) is 17.0. The van der Waals surface area contributed by atoms with Crippen LogP contribution in [0.4, 0.5) is 15.0 Å². The molecule has 2 aliphatic heterocycles. The van der Waals surface area contributed by atoms with Gasteiger partial charge in [0.1, 0.15) is 23.5 Å². The maximum absolute atomic E-state index is 14.4. The molecule has 0 aliphatic carbocycles. The third-order valence-corrected chi connectivity index (χ3v) is 6.92. The third-order valence-electron chi connectivity index (χ3n) is 6.92. The van der Waals surface area contributed by atoms with Crippen LogP contribution in [-0.2, 0) is 9.47 Å². The maximum atomic E-state index is 14.4. The number of hydrogen-bond acceptors (Lipinski definition) is 7. The zero-order valence-electron chi connectivity index (χ0n) is 22.4. The summed E-state index contributed by atoms with van der Waals surface area (Å²) in [4.78, 5) is 24.9. The second kappa shape index (κ2) is 9.87. The number of likely N-dealkylation sites (tertiary alicyclic amines) is 1. The fraction of sp³-hybridized carbons (Fsp3) is 0.414. The number of carbonyl (C=O) groups excluding carboxylic acids is 1. The second-order valence-corrected chi connectivity index (χ2v) is 11.1. The fourth-order valence-corrected chi connectivity index (χ4v) is 5.10. The SMILES string of the molecule is COC(C)c1ccccc1-c1cc(F)ccc1Oc1cncnc1N1CC2(CN(C(=O)OC(C)(C)C)C2)C1. The first-order valence-corrected chi connectivity index (χ1v) is 12.7. The molecule has 2 aromatic carbocycles. The van der Waals surface area contributed by atoms with Gasteiger partial charge in [-0.25, -0.2) is 19.2 Å². The van der Waals surface area contributed by atoms with Crippen LogP contribution in [0.25, 0.3) is 11.1 Å². The molecule has 0 radical (unpaired) electrons. The van der Waals surface area contributed by atoms with Gasteiger partial charge in [0.05, 0.1) is 12.3 Å². The largest absolute Gasteiger partial charge is 0.451 e. The molecule has 0 N–H and O–H groups in total. The van der Waals surface area contributed by atoms with E-state index in [4.69, 9.17) is 14.2 Å². The van der Waals surface area contributed by atoms with Crippen molar-refractivity contribution < 1.29 is 23.4 Å². The lowest BCUT2D eigenvalue weighted by Crippen LogP contribution is -2.73. The van der Waals surface area contributed by atoms with E-state index < -0.39 is 5.60 Å². The summed E-state index contributed by atoms with van der Waals surface area (Å²) in [6.07, 6.45) is 2.65. The Labute approximate surface area is 222 Å². The number of ether oxygens (including phenoxy) is 3. The molecule has 2 aliphatic rings. The lowest BCUT2D eigenvalue weighted by Gasteiger charge is -2.60. The van der Waals surface area contributed by atoms with Crippen LogP contribution in [0.15, 0.2) is 55.0 Å². The molecule has 0 saturated carbocycles. The predicted octanol–water partition coefficient (Wildman–Crippen LogP) is 5.84. The smallest absolute Gasteiger partial charge is 0.410 e. The zero-order valence-corrected chi connectivity index (χ0v) is 22.4. The van der Waals surface area contributed by atoms with Crippen molar-refractivity contribution >= 4 is 11.9 Å². The van der Waals surface area contributed by atoms with Crippen molar-refractivity contribution in [3.63, 3.8) is 0 Å². The van der Waals surface area contributed by atoms with E-state index in [0.29, 0.717) is 36.0 Å². The van der Waals surface area contributed by atoms with Gasteiger partial charge in [-0.15, -0.1) is 0 Å². The molecule has 1 spiro atoms.